The third kappa shape index (κ3) is 4.44. The maximum absolute atomic E-state index is 5.51. The number of nitrogens with zero attached hydrogens (tertiary/aromatic N) is 2. The Labute approximate surface area is 174 Å². The van der Waals surface area contributed by atoms with Gasteiger partial charge in [0.1, 0.15) is 0 Å². The van der Waals surface area contributed by atoms with E-state index in [1.807, 2.05) is 78.9 Å². The summed E-state index contributed by atoms with van der Waals surface area (Å²) in [7, 11) is 0. The quantitative estimate of drug-likeness (QED) is 0.432. The second-order valence-electron chi connectivity index (χ2n) is 6.01. The molecular formula is C21H19N5S2. The van der Waals surface area contributed by atoms with Crippen molar-refractivity contribution in [2.24, 2.45) is 4.99 Å². The molecule has 0 amide bonds. The number of hydrogen-bond donors (Lipinski definition) is 3. The fraction of sp³-hybridized carbons (Fsp3) is 0.0476. The first-order valence-corrected chi connectivity index (χ1v) is 10.1. The normalized spacial score (nSPS) is 17.2. The first-order chi connectivity index (χ1) is 13.8. The molecule has 140 valence electrons. The van der Waals surface area contributed by atoms with Crippen molar-refractivity contribution < 1.29 is 0 Å². The van der Waals surface area contributed by atoms with Crippen LogP contribution in [0.15, 0.2) is 96.0 Å². The van der Waals surface area contributed by atoms with Gasteiger partial charge in [-0.1, -0.05) is 54.6 Å². The monoisotopic (exact) mass is 405 g/mol. The molecule has 1 unspecified atom stereocenters. The van der Waals surface area contributed by atoms with Crippen LogP contribution in [-0.2, 0) is 0 Å². The standard InChI is InChI=1S/C21H19N5S2/c27-20(23-17-12-6-2-7-13-17)24-21-26(18-14-8-3-9-15-18)19(25-28-21)22-16-10-4-1-5-11-16/h1-15,21H,(H,22,25)(H2,23,24,27). The zero-order valence-electron chi connectivity index (χ0n) is 14.9. The molecule has 3 aromatic rings. The summed E-state index contributed by atoms with van der Waals surface area (Å²) in [6, 6.07) is 29.9. The van der Waals surface area contributed by atoms with Crippen LogP contribution < -0.4 is 20.3 Å². The van der Waals surface area contributed by atoms with E-state index in [-0.39, 0.29) is 5.50 Å². The first-order valence-electron chi connectivity index (χ1n) is 8.82. The Balaban J connectivity index is 1.56. The summed E-state index contributed by atoms with van der Waals surface area (Å²) in [6.45, 7) is 0. The van der Waals surface area contributed by atoms with Crippen LogP contribution in [0.1, 0.15) is 0 Å². The van der Waals surface area contributed by atoms with Crippen LogP contribution in [0.2, 0.25) is 0 Å². The highest BCUT2D eigenvalue weighted by Gasteiger charge is 2.32. The largest absolute Gasteiger partial charge is 0.333 e. The van der Waals surface area contributed by atoms with E-state index in [0.717, 1.165) is 23.0 Å². The lowest BCUT2D eigenvalue weighted by atomic mass is 10.3. The van der Waals surface area contributed by atoms with Crippen molar-refractivity contribution in [3.63, 3.8) is 0 Å². The molecule has 1 atom stereocenters. The predicted octanol–water partition coefficient (Wildman–Crippen LogP) is 4.70. The van der Waals surface area contributed by atoms with E-state index in [2.05, 4.69) is 32.4 Å². The Morgan fingerprint density at radius 3 is 2.18 bits per heavy atom. The van der Waals surface area contributed by atoms with Crippen molar-refractivity contribution in [2.45, 2.75) is 5.50 Å². The Kier molecular flexibility index (Phi) is 5.75. The van der Waals surface area contributed by atoms with E-state index in [9.17, 15) is 0 Å². The van der Waals surface area contributed by atoms with E-state index in [0.29, 0.717) is 5.11 Å². The zero-order chi connectivity index (χ0) is 19.2. The molecule has 7 heteroatoms. The Morgan fingerprint density at radius 1 is 0.893 bits per heavy atom. The maximum Gasteiger partial charge on any atom is 0.216 e. The van der Waals surface area contributed by atoms with Crippen LogP contribution in [0.5, 0.6) is 0 Å². The minimum absolute atomic E-state index is 0.145. The zero-order valence-corrected chi connectivity index (χ0v) is 16.6. The van der Waals surface area contributed by atoms with Crippen molar-refractivity contribution in [3.8, 4) is 0 Å². The number of para-hydroxylation sites is 3. The molecule has 0 spiro atoms. The van der Waals surface area contributed by atoms with Gasteiger partial charge in [-0.2, -0.15) is 0 Å². The van der Waals surface area contributed by atoms with Crippen LogP contribution >= 0.6 is 24.2 Å². The van der Waals surface area contributed by atoms with Gasteiger partial charge in [0.25, 0.3) is 0 Å². The average Bonchev–Trinajstić information content (AvgIpc) is 3.12. The molecule has 1 fully saturated rings. The molecule has 1 saturated heterocycles. The topological polar surface area (TPSA) is 51.7 Å². The van der Waals surface area contributed by atoms with E-state index >= 15 is 0 Å². The molecule has 3 aromatic carbocycles. The van der Waals surface area contributed by atoms with Crippen molar-refractivity contribution >= 4 is 52.3 Å². The maximum atomic E-state index is 5.51. The Morgan fingerprint density at radius 2 is 1.50 bits per heavy atom. The summed E-state index contributed by atoms with van der Waals surface area (Å²) in [5, 5.41) is 7.12. The molecule has 1 aliphatic rings. The van der Waals surface area contributed by atoms with Crippen LogP contribution in [0.3, 0.4) is 0 Å². The van der Waals surface area contributed by atoms with Crippen molar-refractivity contribution in [3.05, 3.63) is 91.0 Å². The number of thiocarbonyl (C=S) groups is 1. The van der Waals surface area contributed by atoms with Gasteiger partial charge in [-0.15, -0.1) is 0 Å². The highest BCUT2D eigenvalue weighted by Crippen LogP contribution is 2.28. The highest BCUT2D eigenvalue weighted by atomic mass is 32.2. The number of guanidine groups is 1. The third-order valence-electron chi connectivity index (χ3n) is 4.04. The molecular weight excluding hydrogens is 386 g/mol. The van der Waals surface area contributed by atoms with Crippen molar-refractivity contribution in [2.75, 3.05) is 10.2 Å². The number of hydrogen-bond acceptors (Lipinski definition) is 3. The molecule has 0 aliphatic carbocycles. The highest BCUT2D eigenvalue weighted by molar-refractivity contribution is 7.99. The summed E-state index contributed by atoms with van der Waals surface area (Å²) in [4.78, 5) is 6.86. The minimum Gasteiger partial charge on any atom is -0.333 e. The fourth-order valence-electron chi connectivity index (χ4n) is 2.76. The van der Waals surface area contributed by atoms with Crippen LogP contribution in [0, 0.1) is 0 Å². The molecule has 5 nitrogen and oxygen atoms in total. The van der Waals surface area contributed by atoms with Crippen LogP contribution in [0.4, 0.5) is 17.1 Å². The van der Waals surface area contributed by atoms with Gasteiger partial charge in [-0.05, 0) is 60.6 Å². The smallest absolute Gasteiger partial charge is 0.216 e. The lowest BCUT2D eigenvalue weighted by molar-refractivity contribution is 0.853. The van der Waals surface area contributed by atoms with Gasteiger partial charge in [0.2, 0.25) is 5.96 Å². The Bertz CT molecular complexity index is 948. The second-order valence-corrected chi connectivity index (χ2v) is 7.31. The molecule has 3 N–H and O–H groups in total. The third-order valence-corrected chi connectivity index (χ3v) is 5.11. The molecule has 0 aromatic heterocycles. The van der Waals surface area contributed by atoms with Gasteiger partial charge in [0.15, 0.2) is 10.6 Å². The van der Waals surface area contributed by atoms with Gasteiger partial charge in [0.05, 0.1) is 5.69 Å². The molecule has 28 heavy (non-hydrogen) atoms. The molecule has 0 saturated carbocycles. The predicted molar refractivity (Wildman–Crippen MR) is 123 cm³/mol. The number of nitrogens with one attached hydrogen (secondary N) is 3. The van der Waals surface area contributed by atoms with E-state index in [1.165, 1.54) is 11.9 Å². The summed E-state index contributed by atoms with van der Waals surface area (Å²) in [6.07, 6.45) is 0. The SMILES string of the molecule is S=C(Nc1ccccc1)NC1SNC(=Nc2ccccc2)N1c1ccccc1. The summed E-state index contributed by atoms with van der Waals surface area (Å²) < 4.78 is 3.32. The van der Waals surface area contributed by atoms with E-state index in [1.54, 1.807) is 0 Å². The van der Waals surface area contributed by atoms with Gasteiger partial charge in [0, 0.05) is 11.4 Å². The molecule has 1 aliphatic heterocycles. The van der Waals surface area contributed by atoms with Gasteiger partial charge in [-0.25, -0.2) is 4.99 Å². The molecule has 0 radical (unpaired) electrons. The van der Waals surface area contributed by atoms with Gasteiger partial charge >= 0.3 is 0 Å². The van der Waals surface area contributed by atoms with Crippen molar-refractivity contribution in [1.82, 2.24) is 10.0 Å². The molecule has 0 bridgehead atoms. The summed E-state index contributed by atoms with van der Waals surface area (Å²) in [5.41, 5.74) is 2.71. The lowest BCUT2D eigenvalue weighted by Crippen LogP contribution is -2.46. The number of benzene rings is 3. The first kappa shape index (κ1) is 18.3. The summed E-state index contributed by atoms with van der Waals surface area (Å²) >= 11 is 7.03. The van der Waals surface area contributed by atoms with E-state index < -0.39 is 0 Å². The summed E-state index contributed by atoms with van der Waals surface area (Å²) in [5.74, 6) is 0.752. The van der Waals surface area contributed by atoms with Crippen molar-refractivity contribution in [1.29, 1.82) is 0 Å². The van der Waals surface area contributed by atoms with Crippen LogP contribution in [-0.4, -0.2) is 16.6 Å². The van der Waals surface area contributed by atoms with Gasteiger partial charge < -0.3 is 10.6 Å². The molecule has 4 rings (SSSR count). The average molecular weight is 406 g/mol. The molecule has 1 heterocycles. The minimum atomic E-state index is -0.145. The lowest BCUT2D eigenvalue weighted by Gasteiger charge is -2.26. The second kappa shape index (κ2) is 8.77. The number of anilines is 2. The Hall–Kier alpha value is -3.03. The van der Waals surface area contributed by atoms with E-state index in [4.69, 9.17) is 17.2 Å². The fourth-order valence-corrected chi connectivity index (χ4v) is 3.93. The van der Waals surface area contributed by atoms with Crippen LogP contribution in [0.25, 0.3) is 0 Å². The van der Waals surface area contributed by atoms with Gasteiger partial charge in [-0.3, -0.25) is 9.62 Å². The number of aliphatic imine (C=N–C) groups is 1. The number of rotatable bonds is 4.